The maximum absolute atomic E-state index is 13.0. The lowest BCUT2D eigenvalue weighted by molar-refractivity contribution is -0.168. The number of nitrogens with one attached hydrogen (secondary N) is 1. The quantitative estimate of drug-likeness (QED) is 0.801. The number of imide groups is 1. The van der Waals surface area contributed by atoms with Gasteiger partial charge < -0.3 is 5.32 Å². The molecular weight excluding hydrogens is 340 g/mol. The van der Waals surface area contributed by atoms with Gasteiger partial charge in [-0.05, 0) is 49.7 Å². The molecular formula is C22H30N2O3. The predicted octanol–water partition coefficient (Wildman–Crippen LogP) is 3.83. The summed E-state index contributed by atoms with van der Waals surface area (Å²) in [6, 6.07) is 5.89. The van der Waals surface area contributed by atoms with Crippen molar-refractivity contribution in [1.29, 1.82) is 0 Å². The van der Waals surface area contributed by atoms with Gasteiger partial charge in [-0.2, -0.15) is 0 Å². The molecule has 2 unspecified atom stereocenters. The van der Waals surface area contributed by atoms with Crippen LogP contribution in [0.1, 0.15) is 57.6 Å². The second kappa shape index (κ2) is 6.77. The minimum atomic E-state index is -0.480. The van der Waals surface area contributed by atoms with E-state index in [1.807, 2.05) is 52.8 Å². The molecule has 27 heavy (non-hydrogen) atoms. The Bertz CT molecular complexity index is 778. The van der Waals surface area contributed by atoms with Gasteiger partial charge in [-0.1, -0.05) is 39.0 Å². The summed E-state index contributed by atoms with van der Waals surface area (Å²) < 4.78 is 0. The van der Waals surface area contributed by atoms with Crippen molar-refractivity contribution in [2.45, 2.75) is 60.3 Å². The van der Waals surface area contributed by atoms with Crippen molar-refractivity contribution in [3.05, 3.63) is 29.3 Å². The summed E-state index contributed by atoms with van der Waals surface area (Å²) in [5.74, 6) is -0.306. The van der Waals surface area contributed by atoms with E-state index in [-0.39, 0.29) is 35.5 Å². The van der Waals surface area contributed by atoms with Gasteiger partial charge in [0.05, 0.1) is 5.41 Å². The Kier molecular flexibility index (Phi) is 4.91. The smallest absolute Gasteiger partial charge is 0.235 e. The minimum absolute atomic E-state index is 0.0601. The molecule has 1 aliphatic carbocycles. The number of para-hydroxylation sites is 1. The third kappa shape index (κ3) is 3.07. The Morgan fingerprint density at radius 3 is 2.44 bits per heavy atom. The molecule has 1 N–H and O–H groups in total. The van der Waals surface area contributed by atoms with Crippen LogP contribution in [0.2, 0.25) is 0 Å². The number of rotatable bonds is 5. The third-order valence-electron chi connectivity index (χ3n) is 7.04. The first-order chi connectivity index (χ1) is 12.6. The van der Waals surface area contributed by atoms with Gasteiger partial charge in [0, 0.05) is 24.6 Å². The fourth-order valence-corrected chi connectivity index (χ4v) is 4.72. The lowest BCUT2D eigenvalue weighted by Crippen LogP contribution is -2.59. The van der Waals surface area contributed by atoms with Crippen LogP contribution >= 0.6 is 0 Å². The highest BCUT2D eigenvalue weighted by Gasteiger charge is 2.64. The normalized spacial score (nSPS) is 26.4. The Morgan fingerprint density at radius 2 is 1.81 bits per heavy atom. The number of anilines is 1. The van der Waals surface area contributed by atoms with Gasteiger partial charge in [-0.3, -0.25) is 19.3 Å². The Labute approximate surface area is 161 Å². The van der Waals surface area contributed by atoms with Crippen molar-refractivity contribution >= 4 is 23.4 Å². The Hall–Kier alpha value is -2.17. The largest absolute Gasteiger partial charge is 0.326 e. The van der Waals surface area contributed by atoms with Crippen molar-refractivity contribution < 1.29 is 14.4 Å². The number of hydrogen-bond acceptors (Lipinski definition) is 3. The number of amides is 3. The van der Waals surface area contributed by atoms with E-state index in [4.69, 9.17) is 0 Å². The van der Waals surface area contributed by atoms with Gasteiger partial charge in [0.1, 0.15) is 0 Å². The summed E-state index contributed by atoms with van der Waals surface area (Å²) >= 11 is 0. The fourth-order valence-electron chi connectivity index (χ4n) is 4.72. The molecule has 5 heteroatoms. The maximum atomic E-state index is 13.0. The highest BCUT2D eigenvalue weighted by molar-refractivity contribution is 6.03. The molecule has 2 bridgehead atoms. The number of benzene rings is 1. The monoisotopic (exact) mass is 370 g/mol. The summed E-state index contributed by atoms with van der Waals surface area (Å²) in [6.45, 7) is 10.3. The molecule has 2 fully saturated rings. The number of nitrogens with zero attached hydrogens (tertiary/aromatic N) is 1. The maximum Gasteiger partial charge on any atom is 0.235 e. The van der Waals surface area contributed by atoms with Crippen LogP contribution < -0.4 is 5.32 Å². The summed E-state index contributed by atoms with van der Waals surface area (Å²) in [5.41, 5.74) is 2.12. The van der Waals surface area contributed by atoms with Crippen LogP contribution in [-0.2, 0) is 14.4 Å². The number of piperidine rings is 1. The van der Waals surface area contributed by atoms with E-state index >= 15 is 0 Å². The van der Waals surface area contributed by atoms with Gasteiger partial charge in [0.25, 0.3) is 0 Å². The number of likely N-dealkylation sites (tertiary alicyclic amines) is 1. The van der Waals surface area contributed by atoms with E-state index < -0.39 is 5.41 Å². The van der Waals surface area contributed by atoms with Crippen molar-refractivity contribution in [2.24, 2.45) is 16.7 Å². The molecule has 1 saturated carbocycles. The zero-order valence-electron chi connectivity index (χ0n) is 17.0. The van der Waals surface area contributed by atoms with Crippen LogP contribution in [0, 0.1) is 30.6 Å². The molecule has 1 heterocycles. The number of carbonyl (C=O) groups excluding carboxylic acids is 3. The summed E-state index contributed by atoms with van der Waals surface area (Å²) in [7, 11) is 0. The molecule has 0 spiro atoms. The molecule has 146 valence electrons. The second-order valence-corrected chi connectivity index (χ2v) is 8.86. The summed E-state index contributed by atoms with van der Waals surface area (Å²) in [5, 5.41) is 2.96. The molecule has 1 aliphatic heterocycles. The van der Waals surface area contributed by atoms with Gasteiger partial charge in [-0.25, -0.2) is 0 Å². The molecule has 5 nitrogen and oxygen atoms in total. The average molecular weight is 370 g/mol. The van der Waals surface area contributed by atoms with Gasteiger partial charge in [0.2, 0.25) is 17.7 Å². The van der Waals surface area contributed by atoms with E-state index in [2.05, 4.69) is 5.32 Å². The minimum Gasteiger partial charge on any atom is -0.326 e. The van der Waals surface area contributed by atoms with E-state index in [9.17, 15) is 14.4 Å². The van der Waals surface area contributed by atoms with Crippen LogP contribution in [0.25, 0.3) is 0 Å². The van der Waals surface area contributed by atoms with Crippen molar-refractivity contribution in [3.8, 4) is 0 Å². The van der Waals surface area contributed by atoms with Crippen molar-refractivity contribution in [1.82, 2.24) is 4.90 Å². The lowest BCUT2D eigenvalue weighted by atomic mass is 9.62. The van der Waals surface area contributed by atoms with Crippen LogP contribution in [-0.4, -0.2) is 29.2 Å². The van der Waals surface area contributed by atoms with Gasteiger partial charge in [0.15, 0.2) is 0 Å². The number of carbonyl (C=O) groups is 3. The molecule has 3 rings (SSSR count). The molecule has 3 amide bonds. The summed E-state index contributed by atoms with van der Waals surface area (Å²) in [6.07, 6.45) is 2.31. The zero-order valence-corrected chi connectivity index (χ0v) is 17.0. The van der Waals surface area contributed by atoms with Crippen LogP contribution in [0.3, 0.4) is 0 Å². The molecule has 2 atom stereocenters. The number of aryl methyl sites for hydroxylation is 2. The van der Waals surface area contributed by atoms with Crippen molar-refractivity contribution in [3.63, 3.8) is 0 Å². The van der Waals surface area contributed by atoms with Crippen LogP contribution in [0.4, 0.5) is 5.69 Å². The third-order valence-corrected chi connectivity index (χ3v) is 7.04. The standard InChI is InChI=1S/C22H30N2O3/c1-14-8-6-9-15(2)18(14)23-17(25)10-7-13-24-19(26)16-11-12-22(5,20(24)27)21(16,3)4/h6,8-9,16H,7,10-13H2,1-5H3,(H,23,25). The number of fused-ring (bicyclic) bond motifs is 2. The average Bonchev–Trinajstić information content (AvgIpc) is 2.78. The van der Waals surface area contributed by atoms with Gasteiger partial charge >= 0.3 is 0 Å². The predicted molar refractivity (Wildman–Crippen MR) is 105 cm³/mol. The first kappa shape index (κ1) is 19.6. The second-order valence-electron chi connectivity index (χ2n) is 8.86. The fraction of sp³-hybridized carbons (Fsp3) is 0.591. The first-order valence-corrected chi connectivity index (χ1v) is 9.81. The Balaban J connectivity index is 1.60. The zero-order chi connectivity index (χ0) is 20.0. The molecule has 0 aromatic heterocycles. The van der Waals surface area contributed by atoms with E-state index in [0.29, 0.717) is 13.0 Å². The highest BCUT2D eigenvalue weighted by Crippen LogP contribution is 2.60. The number of hydrogen-bond donors (Lipinski definition) is 1. The molecule has 2 aliphatic rings. The topological polar surface area (TPSA) is 66.5 Å². The van der Waals surface area contributed by atoms with Crippen molar-refractivity contribution in [2.75, 3.05) is 11.9 Å². The lowest BCUT2D eigenvalue weighted by Gasteiger charge is -2.47. The first-order valence-electron chi connectivity index (χ1n) is 9.81. The molecule has 1 aromatic rings. The SMILES string of the molecule is Cc1cccc(C)c1NC(=O)CCCN1C(=O)C2CCC(C)(C1=O)C2(C)C. The molecule has 0 radical (unpaired) electrons. The van der Waals surface area contributed by atoms with E-state index in [1.54, 1.807) is 0 Å². The van der Waals surface area contributed by atoms with Crippen LogP contribution in [0.15, 0.2) is 18.2 Å². The van der Waals surface area contributed by atoms with E-state index in [1.165, 1.54) is 4.90 Å². The summed E-state index contributed by atoms with van der Waals surface area (Å²) in [4.78, 5) is 39.5. The highest BCUT2D eigenvalue weighted by atomic mass is 16.2. The Morgan fingerprint density at radius 1 is 1.19 bits per heavy atom. The molecule has 1 saturated heterocycles. The van der Waals surface area contributed by atoms with Crippen LogP contribution in [0.5, 0.6) is 0 Å². The van der Waals surface area contributed by atoms with E-state index in [0.717, 1.165) is 29.7 Å². The van der Waals surface area contributed by atoms with Gasteiger partial charge in [-0.15, -0.1) is 0 Å². The molecule has 1 aromatic carbocycles.